The number of nitriles is 1. The molecule has 0 saturated heterocycles. The normalized spacial score (nSPS) is 11.7. The molecule has 10 nitrogen and oxygen atoms in total. The number of hydrogen-bond acceptors (Lipinski definition) is 6. The van der Waals surface area contributed by atoms with Crippen LogP contribution in [0.2, 0.25) is 0 Å². The molecule has 0 fully saturated rings. The van der Waals surface area contributed by atoms with Crippen LogP contribution in [0, 0.1) is 23.1 Å². The van der Waals surface area contributed by atoms with Gasteiger partial charge in [-0.05, 0) is 76.1 Å². The number of anilines is 1. The lowest BCUT2D eigenvalue weighted by atomic mass is 10.2. The lowest BCUT2D eigenvalue weighted by Crippen LogP contribution is -2.52. The molecule has 0 aliphatic carbocycles. The number of carbonyl (C=O) groups excluding carboxylic acids is 2. The number of hydrazine groups is 1. The Morgan fingerprint density at radius 3 is 2.46 bits per heavy atom. The van der Waals surface area contributed by atoms with Crippen LogP contribution in [-0.4, -0.2) is 48.2 Å². The summed E-state index contributed by atoms with van der Waals surface area (Å²) in [5.41, 5.74) is 8.21. The van der Waals surface area contributed by atoms with Crippen LogP contribution in [0.5, 0.6) is 0 Å². The molecule has 202 valence electrons. The Balaban J connectivity index is 3.03. The maximum Gasteiger partial charge on any atom is 0.407 e. The summed E-state index contributed by atoms with van der Waals surface area (Å²) in [6.45, 7) is 13.8. The molecule has 0 radical (unpaired) electrons. The topological polar surface area (TPSA) is 136 Å². The minimum atomic E-state index is -0.593. The Morgan fingerprint density at radius 2 is 1.92 bits per heavy atom. The summed E-state index contributed by atoms with van der Waals surface area (Å²) in [6.07, 6.45) is 3.31. The molecule has 0 aromatic heterocycles. The number of amides is 3. The Kier molecular flexibility index (Phi) is 12.7. The van der Waals surface area contributed by atoms with Gasteiger partial charge in [-0.1, -0.05) is 20.4 Å². The van der Waals surface area contributed by atoms with E-state index in [-0.39, 0.29) is 24.0 Å². The standard InChI is InChI=1S/C26H38FN7O3/c1-19(2)18-34(23(13-14-28)31-20(3)17-29)32-24(35)33(22-11-9-21(27)10-12-22)16-8-7-15-30-25(36)37-26(4,5)6/h9-14,19H,3,7-8,15-16,18,28H2,1-2,4-6H3,(H,30,36)(H,32,35)/b14-13-,31-23?. The smallest absolute Gasteiger partial charge is 0.407 e. The average Bonchev–Trinajstić information content (AvgIpc) is 2.79. The number of nitrogens with two attached hydrogens (primary N) is 1. The number of aliphatic imine (C=N–C) groups is 1. The van der Waals surface area contributed by atoms with Crippen LogP contribution in [0.15, 0.2) is 53.8 Å². The Morgan fingerprint density at radius 1 is 1.27 bits per heavy atom. The minimum absolute atomic E-state index is 0.0519. The molecule has 0 heterocycles. The number of benzene rings is 1. The highest BCUT2D eigenvalue weighted by molar-refractivity contribution is 5.97. The number of halogens is 1. The van der Waals surface area contributed by atoms with E-state index in [2.05, 4.69) is 22.3 Å². The first-order valence-corrected chi connectivity index (χ1v) is 12.0. The van der Waals surface area contributed by atoms with Crippen LogP contribution in [0.3, 0.4) is 0 Å². The zero-order chi connectivity index (χ0) is 28.0. The number of allylic oxidation sites excluding steroid dienone is 1. The second-order valence-electron chi connectivity index (χ2n) is 9.57. The van der Waals surface area contributed by atoms with Gasteiger partial charge in [-0.15, -0.1) is 0 Å². The number of nitrogens with zero attached hydrogens (tertiary/aromatic N) is 4. The second-order valence-corrected chi connectivity index (χ2v) is 9.57. The molecule has 0 atom stereocenters. The van der Waals surface area contributed by atoms with Crippen molar-refractivity contribution in [1.29, 1.82) is 5.26 Å². The fraction of sp³-hybridized carbons (Fsp3) is 0.462. The molecular formula is C26H38FN7O3. The third kappa shape index (κ3) is 12.5. The van der Waals surface area contributed by atoms with Crippen LogP contribution in [-0.2, 0) is 4.74 Å². The third-order valence-electron chi connectivity index (χ3n) is 4.54. The molecule has 37 heavy (non-hydrogen) atoms. The fourth-order valence-corrected chi connectivity index (χ4v) is 3.04. The van der Waals surface area contributed by atoms with Gasteiger partial charge in [-0.3, -0.25) is 9.91 Å². The molecule has 0 spiro atoms. The molecule has 4 N–H and O–H groups in total. The van der Waals surface area contributed by atoms with E-state index >= 15 is 0 Å². The monoisotopic (exact) mass is 515 g/mol. The number of unbranched alkanes of at least 4 members (excludes halogenated alkanes) is 1. The van der Waals surface area contributed by atoms with Crippen LogP contribution in [0.25, 0.3) is 0 Å². The van der Waals surface area contributed by atoms with Gasteiger partial charge in [0.2, 0.25) is 0 Å². The van der Waals surface area contributed by atoms with Crippen molar-refractivity contribution in [1.82, 2.24) is 15.8 Å². The average molecular weight is 516 g/mol. The first kappa shape index (κ1) is 31.0. The second kappa shape index (κ2) is 15.1. The van der Waals surface area contributed by atoms with Crippen molar-refractivity contribution in [3.05, 3.63) is 54.6 Å². The molecule has 0 saturated carbocycles. The van der Waals surface area contributed by atoms with Gasteiger partial charge < -0.3 is 15.8 Å². The van der Waals surface area contributed by atoms with Crippen molar-refractivity contribution in [2.75, 3.05) is 24.5 Å². The van der Waals surface area contributed by atoms with Crippen LogP contribution >= 0.6 is 0 Å². The van der Waals surface area contributed by atoms with Crippen molar-refractivity contribution in [3.63, 3.8) is 0 Å². The van der Waals surface area contributed by atoms with Crippen LogP contribution in [0.4, 0.5) is 19.7 Å². The van der Waals surface area contributed by atoms with E-state index in [1.807, 2.05) is 19.9 Å². The number of alkyl carbamates (subject to hydrolysis) is 1. The van der Waals surface area contributed by atoms with Crippen molar-refractivity contribution in [2.24, 2.45) is 16.6 Å². The molecule has 1 rings (SSSR count). The zero-order valence-electron chi connectivity index (χ0n) is 22.3. The van der Waals surface area contributed by atoms with Gasteiger partial charge in [0.05, 0.1) is 0 Å². The van der Waals surface area contributed by atoms with E-state index in [0.717, 1.165) is 0 Å². The maximum atomic E-state index is 13.5. The summed E-state index contributed by atoms with van der Waals surface area (Å²) < 4.78 is 18.8. The maximum absolute atomic E-state index is 13.5. The van der Waals surface area contributed by atoms with Crippen molar-refractivity contribution in [2.45, 2.75) is 53.1 Å². The van der Waals surface area contributed by atoms with Gasteiger partial charge in [-0.25, -0.2) is 24.4 Å². The SMILES string of the molecule is C=C(C#N)N=C(/C=C\N)N(CC(C)C)NC(=O)N(CCCCNC(=O)OC(C)(C)C)c1ccc(F)cc1. The van der Waals surface area contributed by atoms with Gasteiger partial charge in [0.25, 0.3) is 0 Å². The number of hydrogen-bond donors (Lipinski definition) is 3. The third-order valence-corrected chi connectivity index (χ3v) is 4.54. The van der Waals surface area contributed by atoms with E-state index in [4.69, 9.17) is 15.7 Å². The van der Waals surface area contributed by atoms with Crippen LogP contribution in [0.1, 0.15) is 47.5 Å². The van der Waals surface area contributed by atoms with Gasteiger partial charge >= 0.3 is 12.1 Å². The number of amidine groups is 1. The van der Waals surface area contributed by atoms with Crippen molar-refractivity contribution < 1.29 is 18.7 Å². The lowest BCUT2D eigenvalue weighted by molar-refractivity contribution is 0.0527. The quantitative estimate of drug-likeness (QED) is 0.139. The fourth-order valence-electron chi connectivity index (χ4n) is 3.04. The van der Waals surface area contributed by atoms with E-state index in [1.165, 1.54) is 46.5 Å². The summed E-state index contributed by atoms with van der Waals surface area (Å²) in [6, 6.07) is 6.91. The number of carbonyl (C=O) groups is 2. The van der Waals surface area contributed by atoms with Gasteiger partial charge in [0.1, 0.15) is 29.0 Å². The Labute approximate surface area is 218 Å². The first-order valence-electron chi connectivity index (χ1n) is 12.0. The molecule has 0 bridgehead atoms. The van der Waals surface area contributed by atoms with E-state index in [9.17, 15) is 14.0 Å². The number of ether oxygens (including phenoxy) is 1. The van der Waals surface area contributed by atoms with Gasteiger partial charge in [-0.2, -0.15) is 5.26 Å². The molecule has 1 aromatic rings. The number of nitrogens with one attached hydrogen (secondary N) is 2. The predicted octanol–water partition coefficient (Wildman–Crippen LogP) is 4.43. The minimum Gasteiger partial charge on any atom is -0.444 e. The van der Waals surface area contributed by atoms with E-state index < -0.39 is 23.5 Å². The summed E-state index contributed by atoms with van der Waals surface area (Å²) >= 11 is 0. The number of rotatable bonds is 10. The van der Waals surface area contributed by atoms with Gasteiger partial charge in [0, 0.05) is 25.3 Å². The lowest BCUT2D eigenvalue weighted by Gasteiger charge is -2.31. The van der Waals surface area contributed by atoms with Crippen LogP contribution < -0.4 is 21.4 Å². The zero-order valence-corrected chi connectivity index (χ0v) is 22.3. The highest BCUT2D eigenvalue weighted by Gasteiger charge is 2.21. The molecule has 0 aliphatic rings. The van der Waals surface area contributed by atoms with Crippen molar-refractivity contribution in [3.8, 4) is 6.07 Å². The van der Waals surface area contributed by atoms with E-state index in [0.29, 0.717) is 31.6 Å². The molecule has 0 unspecified atom stereocenters. The summed E-state index contributed by atoms with van der Waals surface area (Å²) in [4.78, 5) is 30.9. The molecule has 1 aromatic carbocycles. The van der Waals surface area contributed by atoms with E-state index in [1.54, 1.807) is 20.8 Å². The predicted molar refractivity (Wildman–Crippen MR) is 143 cm³/mol. The number of urea groups is 1. The van der Waals surface area contributed by atoms with Crippen molar-refractivity contribution >= 4 is 23.6 Å². The highest BCUT2D eigenvalue weighted by atomic mass is 19.1. The summed E-state index contributed by atoms with van der Waals surface area (Å²) in [7, 11) is 0. The largest absolute Gasteiger partial charge is 0.444 e. The first-order chi connectivity index (χ1) is 17.4. The molecule has 11 heteroatoms. The summed E-state index contributed by atoms with van der Waals surface area (Å²) in [5.74, 6) is -0.0773. The Hall–Kier alpha value is -4.07. The molecule has 0 aliphatic heterocycles. The van der Waals surface area contributed by atoms with Gasteiger partial charge in [0.15, 0.2) is 0 Å². The molecule has 3 amide bonds. The summed E-state index contributed by atoms with van der Waals surface area (Å²) in [5, 5.41) is 13.3. The molecular weight excluding hydrogens is 477 g/mol. The highest BCUT2D eigenvalue weighted by Crippen LogP contribution is 2.17. The Bertz CT molecular complexity index is 1010.